The van der Waals surface area contributed by atoms with E-state index in [1.165, 1.54) is 49.7 Å². The molecule has 2 nitrogen and oxygen atoms in total. The van der Waals surface area contributed by atoms with Crippen molar-refractivity contribution in [3.63, 3.8) is 0 Å². The second kappa shape index (κ2) is 9.10. The summed E-state index contributed by atoms with van der Waals surface area (Å²) < 4.78 is 0. The van der Waals surface area contributed by atoms with E-state index in [1.807, 2.05) is 13.8 Å². The predicted octanol–water partition coefficient (Wildman–Crippen LogP) is 6.73. The molecule has 5 atom stereocenters. The summed E-state index contributed by atoms with van der Waals surface area (Å²) in [5, 5.41) is 20.1. The summed E-state index contributed by atoms with van der Waals surface area (Å²) in [7, 11) is 0. The molecule has 0 aromatic rings. The minimum atomic E-state index is -0.535. The summed E-state index contributed by atoms with van der Waals surface area (Å²) >= 11 is 0. The Kier molecular flexibility index (Phi) is 7.16. The second-order valence-electron chi connectivity index (χ2n) is 11.2. The molecule has 0 saturated heterocycles. The molecule has 0 heterocycles. The van der Waals surface area contributed by atoms with Gasteiger partial charge in [-0.3, -0.25) is 0 Å². The van der Waals surface area contributed by atoms with Crippen LogP contribution in [-0.2, 0) is 0 Å². The third kappa shape index (κ3) is 5.44. The van der Waals surface area contributed by atoms with Crippen LogP contribution in [0.5, 0.6) is 0 Å². The van der Waals surface area contributed by atoms with Crippen LogP contribution in [0.2, 0.25) is 0 Å². The van der Waals surface area contributed by atoms with E-state index in [0.717, 1.165) is 49.9 Å². The Morgan fingerprint density at radius 3 is 2.69 bits per heavy atom. The van der Waals surface area contributed by atoms with Crippen LogP contribution in [-0.4, -0.2) is 21.9 Å². The van der Waals surface area contributed by atoms with Crippen molar-refractivity contribution in [1.29, 1.82) is 0 Å². The maximum absolute atomic E-state index is 10.0. The van der Waals surface area contributed by atoms with E-state index in [-0.39, 0.29) is 6.10 Å². The zero-order valence-corrected chi connectivity index (χ0v) is 19.3. The highest BCUT2D eigenvalue weighted by Gasteiger charge is 2.50. The Balaban J connectivity index is 1.68. The summed E-state index contributed by atoms with van der Waals surface area (Å²) in [5.41, 5.74) is 4.02. The molecule has 3 saturated carbocycles. The minimum Gasteiger partial charge on any atom is -0.393 e. The first kappa shape index (κ1) is 22.8. The molecule has 3 aliphatic rings. The molecule has 2 heteroatoms. The standard InChI is InChI=1S/C27H44O2/c1-19-10-13-23(28)18-22(19)12-11-21-9-7-17-27(5)24(14-15-25(21)27)20(2)8-6-16-26(3,4)29/h11-12,20,23-25,28-29H,1,6-10,13-18H2,2-5H3/b21-11-,22-12-. The van der Waals surface area contributed by atoms with Gasteiger partial charge in [0.2, 0.25) is 0 Å². The molecule has 0 amide bonds. The molecule has 164 valence electrons. The zero-order valence-electron chi connectivity index (χ0n) is 19.3. The Labute approximate surface area is 179 Å². The van der Waals surface area contributed by atoms with Gasteiger partial charge in [0, 0.05) is 0 Å². The van der Waals surface area contributed by atoms with Crippen molar-refractivity contribution in [3.05, 3.63) is 35.5 Å². The lowest BCUT2D eigenvalue weighted by Crippen LogP contribution is -2.36. The number of fused-ring (bicyclic) bond motifs is 1. The van der Waals surface area contributed by atoms with Gasteiger partial charge in [0.25, 0.3) is 0 Å². The van der Waals surface area contributed by atoms with Crippen molar-refractivity contribution in [2.75, 3.05) is 0 Å². The van der Waals surface area contributed by atoms with Gasteiger partial charge < -0.3 is 10.2 Å². The van der Waals surface area contributed by atoms with E-state index >= 15 is 0 Å². The van der Waals surface area contributed by atoms with Gasteiger partial charge in [-0.2, -0.15) is 0 Å². The molecule has 0 aromatic carbocycles. The molecule has 0 aromatic heterocycles. The Morgan fingerprint density at radius 1 is 1.21 bits per heavy atom. The average molecular weight is 401 g/mol. The third-order valence-electron chi connectivity index (χ3n) is 8.36. The molecule has 0 bridgehead atoms. The molecule has 3 rings (SSSR count). The number of hydrogen-bond donors (Lipinski definition) is 2. The molecule has 3 aliphatic carbocycles. The maximum Gasteiger partial charge on any atom is 0.0591 e. The molecular formula is C27H44O2. The number of rotatable bonds is 6. The minimum absolute atomic E-state index is 0.192. The summed E-state index contributed by atoms with van der Waals surface area (Å²) in [4.78, 5) is 0. The smallest absolute Gasteiger partial charge is 0.0591 e. The van der Waals surface area contributed by atoms with Gasteiger partial charge in [-0.1, -0.05) is 56.6 Å². The van der Waals surface area contributed by atoms with E-state index in [9.17, 15) is 10.2 Å². The highest BCUT2D eigenvalue weighted by Crippen LogP contribution is 2.60. The largest absolute Gasteiger partial charge is 0.393 e. The van der Waals surface area contributed by atoms with Gasteiger partial charge in [-0.15, -0.1) is 0 Å². The van der Waals surface area contributed by atoms with Gasteiger partial charge in [0.1, 0.15) is 0 Å². The topological polar surface area (TPSA) is 40.5 Å². The maximum atomic E-state index is 10.0. The molecule has 0 aliphatic heterocycles. The molecule has 29 heavy (non-hydrogen) atoms. The van der Waals surface area contributed by atoms with Crippen LogP contribution < -0.4 is 0 Å². The van der Waals surface area contributed by atoms with Crippen molar-refractivity contribution >= 4 is 0 Å². The van der Waals surface area contributed by atoms with Gasteiger partial charge in [0.15, 0.2) is 0 Å². The monoisotopic (exact) mass is 400 g/mol. The lowest BCUT2D eigenvalue weighted by molar-refractivity contribution is 0.0596. The molecule has 5 unspecified atom stereocenters. The fraction of sp³-hybridized carbons (Fsp3) is 0.778. The highest BCUT2D eigenvalue weighted by molar-refractivity contribution is 5.36. The van der Waals surface area contributed by atoms with Crippen molar-refractivity contribution in [2.24, 2.45) is 23.2 Å². The number of allylic oxidation sites excluding steroid dienone is 4. The molecule has 2 N–H and O–H groups in total. The fourth-order valence-corrected chi connectivity index (χ4v) is 6.67. The zero-order chi connectivity index (χ0) is 21.2. The van der Waals surface area contributed by atoms with Gasteiger partial charge in [0.05, 0.1) is 11.7 Å². The molecule has 0 radical (unpaired) electrons. The summed E-state index contributed by atoms with van der Waals surface area (Å²) in [6, 6.07) is 0. The summed E-state index contributed by atoms with van der Waals surface area (Å²) in [5.74, 6) is 2.26. The molecule has 3 fully saturated rings. The van der Waals surface area contributed by atoms with Crippen LogP contribution in [0.4, 0.5) is 0 Å². The normalized spacial score (nSPS) is 37.2. The second-order valence-corrected chi connectivity index (χ2v) is 11.2. The lowest BCUT2D eigenvalue weighted by Gasteiger charge is -2.44. The summed E-state index contributed by atoms with van der Waals surface area (Å²) in [6.07, 6.45) is 16.9. The van der Waals surface area contributed by atoms with Crippen LogP contribution in [0.15, 0.2) is 35.5 Å². The van der Waals surface area contributed by atoms with Crippen molar-refractivity contribution in [1.82, 2.24) is 0 Å². The van der Waals surface area contributed by atoms with Gasteiger partial charge in [-0.05, 0) is 100 Å². The predicted molar refractivity (Wildman–Crippen MR) is 123 cm³/mol. The van der Waals surface area contributed by atoms with Crippen LogP contribution in [0, 0.1) is 23.2 Å². The molecular weight excluding hydrogens is 356 g/mol. The van der Waals surface area contributed by atoms with Crippen molar-refractivity contribution in [3.8, 4) is 0 Å². The van der Waals surface area contributed by atoms with E-state index in [0.29, 0.717) is 5.41 Å². The van der Waals surface area contributed by atoms with E-state index in [4.69, 9.17) is 0 Å². The first-order valence-electron chi connectivity index (χ1n) is 12.1. The molecule has 0 spiro atoms. The SMILES string of the molecule is C=C1CCC(O)C/C1=C/C=C1/CCCC2(C)C1CCC2C(C)CCCC(C)(C)O. The fourth-order valence-electron chi connectivity index (χ4n) is 6.67. The highest BCUT2D eigenvalue weighted by atomic mass is 16.3. The first-order valence-corrected chi connectivity index (χ1v) is 12.1. The van der Waals surface area contributed by atoms with Crippen LogP contribution in [0.1, 0.15) is 98.3 Å². The number of aliphatic hydroxyl groups excluding tert-OH is 1. The quantitative estimate of drug-likeness (QED) is 0.518. The Hall–Kier alpha value is -0.860. The van der Waals surface area contributed by atoms with E-state index in [2.05, 4.69) is 32.6 Å². The van der Waals surface area contributed by atoms with Crippen LogP contribution in [0.3, 0.4) is 0 Å². The Bertz CT molecular complexity index is 650. The average Bonchev–Trinajstić information content (AvgIpc) is 2.99. The van der Waals surface area contributed by atoms with Crippen LogP contribution in [0.25, 0.3) is 0 Å². The van der Waals surface area contributed by atoms with Crippen molar-refractivity contribution in [2.45, 2.75) is 110 Å². The first-order chi connectivity index (χ1) is 13.6. The Morgan fingerprint density at radius 2 is 1.97 bits per heavy atom. The number of hydrogen-bond acceptors (Lipinski definition) is 2. The van der Waals surface area contributed by atoms with Crippen LogP contribution >= 0.6 is 0 Å². The van der Waals surface area contributed by atoms with E-state index in [1.54, 1.807) is 5.57 Å². The third-order valence-corrected chi connectivity index (χ3v) is 8.36. The van der Waals surface area contributed by atoms with E-state index < -0.39 is 5.60 Å². The number of aliphatic hydroxyl groups is 2. The van der Waals surface area contributed by atoms with Crippen molar-refractivity contribution < 1.29 is 10.2 Å². The van der Waals surface area contributed by atoms with Gasteiger partial charge in [-0.25, -0.2) is 0 Å². The lowest BCUT2D eigenvalue weighted by atomic mass is 9.60. The summed E-state index contributed by atoms with van der Waals surface area (Å²) in [6.45, 7) is 13.1. The van der Waals surface area contributed by atoms with Gasteiger partial charge >= 0.3 is 0 Å².